The number of carbonyl (C=O) groups excluding carboxylic acids is 2. The summed E-state index contributed by atoms with van der Waals surface area (Å²) < 4.78 is 12.0. The predicted molar refractivity (Wildman–Crippen MR) is 196 cm³/mol. The average Bonchev–Trinajstić information content (AvgIpc) is 3.73. The van der Waals surface area contributed by atoms with Crippen LogP contribution in [-0.4, -0.2) is 70.0 Å². The van der Waals surface area contributed by atoms with Gasteiger partial charge in [0, 0.05) is 56.0 Å². The van der Waals surface area contributed by atoms with Gasteiger partial charge in [-0.25, -0.2) is 4.98 Å². The number of nitrogens with zero attached hydrogens (tertiary/aromatic N) is 3. The molecule has 2 aliphatic heterocycles. The molecular formula is C38H38Cl2N6O6. The van der Waals surface area contributed by atoms with E-state index >= 15 is 0 Å². The number of benzene rings is 2. The zero-order chi connectivity index (χ0) is 36.4. The molecule has 0 unspecified atom stereocenters. The monoisotopic (exact) mass is 744 g/mol. The summed E-state index contributed by atoms with van der Waals surface area (Å²) in [5.74, 6) is -0.0979. The number of amides is 2. The number of hydrogen-bond donors (Lipinski definition) is 4. The van der Waals surface area contributed by atoms with Crippen LogP contribution in [0.2, 0.25) is 10.0 Å². The first-order chi connectivity index (χ1) is 25.2. The highest BCUT2D eigenvalue weighted by molar-refractivity contribution is 6.37. The second kappa shape index (κ2) is 15.5. The standard InChI is InChI=1S/C38H38Cl2N6O6/c1-51-36-22(18-41-19-23-9-13-33(47)43-23)16-29(39)37(45-36)52-31-11-10-25-24(4-2-5-26(25)31)27-6-3-7-28(34(27)40)35(48)44-32-12-8-21(17-42-32)20-46-15-14-30(46)38(49)50/h2-8,12,16-17,23,30-31,41H,9-11,13-15,18-20H2,1H3,(H,43,47)(H,49,50)(H,42,44,48)/t23-,30+,31-/m0/s1. The molecule has 2 aromatic carbocycles. The van der Waals surface area contributed by atoms with Crippen LogP contribution in [0.3, 0.4) is 0 Å². The molecule has 2 aromatic heterocycles. The second-order valence-corrected chi connectivity index (χ2v) is 14.0. The number of rotatable bonds is 13. The fourth-order valence-electron chi connectivity index (χ4n) is 7.05. The van der Waals surface area contributed by atoms with Crippen molar-refractivity contribution in [2.45, 2.75) is 63.4 Å². The molecule has 4 aromatic rings. The van der Waals surface area contributed by atoms with E-state index in [4.69, 9.17) is 32.7 Å². The van der Waals surface area contributed by atoms with Crippen LogP contribution in [0, 0.1) is 0 Å². The smallest absolute Gasteiger partial charge is 0.320 e. The Balaban J connectivity index is 1.03. The normalized spacial score (nSPS) is 19.4. The number of anilines is 1. The number of aliphatic carboxylic acids is 1. The maximum atomic E-state index is 13.4. The van der Waals surface area contributed by atoms with Gasteiger partial charge in [-0.2, -0.15) is 4.98 Å². The first-order valence-electron chi connectivity index (χ1n) is 17.2. The largest absolute Gasteiger partial charge is 0.481 e. The number of hydrogen-bond acceptors (Lipinski definition) is 9. The van der Waals surface area contributed by atoms with Crippen LogP contribution in [0.4, 0.5) is 5.82 Å². The van der Waals surface area contributed by atoms with E-state index in [1.807, 2.05) is 35.2 Å². The molecule has 270 valence electrons. The van der Waals surface area contributed by atoms with Gasteiger partial charge in [-0.1, -0.05) is 59.6 Å². The van der Waals surface area contributed by atoms with Crippen LogP contribution < -0.4 is 25.4 Å². The van der Waals surface area contributed by atoms with E-state index in [9.17, 15) is 19.5 Å². The van der Waals surface area contributed by atoms with Crippen molar-refractivity contribution < 1.29 is 29.0 Å². The van der Waals surface area contributed by atoms with Crippen molar-refractivity contribution in [2.75, 3.05) is 25.5 Å². The Hall–Kier alpha value is -4.75. The average molecular weight is 746 g/mol. The predicted octanol–water partition coefficient (Wildman–Crippen LogP) is 5.80. The molecule has 2 fully saturated rings. The lowest BCUT2D eigenvalue weighted by atomic mass is 9.95. The maximum Gasteiger partial charge on any atom is 0.320 e. The first-order valence-corrected chi connectivity index (χ1v) is 18.0. The highest BCUT2D eigenvalue weighted by Crippen LogP contribution is 2.43. The van der Waals surface area contributed by atoms with Crippen LogP contribution in [0.15, 0.2) is 60.8 Å². The number of halogens is 2. The van der Waals surface area contributed by atoms with E-state index in [0.717, 1.165) is 52.8 Å². The van der Waals surface area contributed by atoms with E-state index in [2.05, 4.69) is 25.9 Å². The van der Waals surface area contributed by atoms with Crippen molar-refractivity contribution in [1.82, 2.24) is 25.5 Å². The summed E-state index contributed by atoms with van der Waals surface area (Å²) >= 11 is 13.6. The molecule has 3 atom stereocenters. The fourth-order valence-corrected chi connectivity index (χ4v) is 7.58. The third-order valence-electron chi connectivity index (χ3n) is 9.84. The van der Waals surface area contributed by atoms with E-state index < -0.39 is 17.9 Å². The molecule has 0 spiro atoms. The Morgan fingerprint density at radius 3 is 2.58 bits per heavy atom. The fraction of sp³-hybridized carbons (Fsp3) is 0.342. The summed E-state index contributed by atoms with van der Waals surface area (Å²) in [5.41, 5.74) is 5.64. The van der Waals surface area contributed by atoms with Crippen molar-refractivity contribution in [3.05, 3.63) is 98.7 Å². The topological polar surface area (TPSA) is 155 Å². The molecule has 4 heterocycles. The molecule has 0 bridgehead atoms. The Morgan fingerprint density at radius 1 is 1.04 bits per heavy atom. The lowest BCUT2D eigenvalue weighted by Crippen LogP contribution is -2.51. The molecule has 0 saturated carbocycles. The lowest BCUT2D eigenvalue weighted by Gasteiger charge is -2.37. The number of methoxy groups -OCH3 is 1. The van der Waals surface area contributed by atoms with Crippen molar-refractivity contribution in [3.63, 3.8) is 0 Å². The Morgan fingerprint density at radius 2 is 1.87 bits per heavy atom. The molecule has 12 nitrogen and oxygen atoms in total. The molecule has 1 aliphatic carbocycles. The van der Waals surface area contributed by atoms with Gasteiger partial charge in [0.15, 0.2) is 0 Å². The number of pyridine rings is 2. The van der Waals surface area contributed by atoms with E-state index in [-0.39, 0.29) is 23.9 Å². The van der Waals surface area contributed by atoms with Crippen molar-refractivity contribution in [3.8, 4) is 22.9 Å². The number of carboxylic acids is 1. The number of likely N-dealkylation sites (tertiary alicyclic amines) is 1. The van der Waals surface area contributed by atoms with Gasteiger partial charge < -0.3 is 30.5 Å². The van der Waals surface area contributed by atoms with Gasteiger partial charge in [-0.15, -0.1) is 0 Å². The van der Waals surface area contributed by atoms with Crippen molar-refractivity contribution >= 4 is 46.8 Å². The Labute approximate surface area is 310 Å². The number of aromatic nitrogens is 2. The minimum absolute atomic E-state index is 0.0748. The van der Waals surface area contributed by atoms with Gasteiger partial charge in [0.1, 0.15) is 23.0 Å². The molecule has 2 amide bonds. The number of nitrogens with one attached hydrogen (secondary N) is 3. The van der Waals surface area contributed by atoms with Gasteiger partial charge in [0.05, 0.1) is 17.7 Å². The number of carbonyl (C=O) groups is 3. The highest BCUT2D eigenvalue weighted by Gasteiger charge is 2.34. The molecular weight excluding hydrogens is 707 g/mol. The van der Waals surface area contributed by atoms with Crippen LogP contribution in [0.25, 0.3) is 11.1 Å². The van der Waals surface area contributed by atoms with Crippen LogP contribution in [0.5, 0.6) is 11.8 Å². The van der Waals surface area contributed by atoms with E-state index in [1.54, 1.807) is 37.6 Å². The van der Waals surface area contributed by atoms with Crippen molar-refractivity contribution in [2.24, 2.45) is 0 Å². The minimum atomic E-state index is -0.820. The van der Waals surface area contributed by atoms with Gasteiger partial charge >= 0.3 is 5.97 Å². The Bertz CT molecular complexity index is 2010. The highest BCUT2D eigenvalue weighted by atomic mass is 35.5. The minimum Gasteiger partial charge on any atom is -0.481 e. The molecule has 7 rings (SSSR count). The summed E-state index contributed by atoms with van der Waals surface area (Å²) in [4.78, 5) is 47.1. The molecule has 2 saturated heterocycles. The van der Waals surface area contributed by atoms with Gasteiger partial charge in [0.25, 0.3) is 5.91 Å². The van der Waals surface area contributed by atoms with Gasteiger partial charge in [-0.3, -0.25) is 19.3 Å². The molecule has 3 aliphatic rings. The van der Waals surface area contributed by atoms with Gasteiger partial charge in [-0.05, 0) is 66.1 Å². The maximum absolute atomic E-state index is 13.4. The van der Waals surface area contributed by atoms with Crippen molar-refractivity contribution in [1.29, 1.82) is 0 Å². The number of carboxylic acid groups (broad SMARTS) is 1. The first kappa shape index (κ1) is 35.6. The number of fused-ring (bicyclic) bond motifs is 1. The van der Waals surface area contributed by atoms with Gasteiger partial charge in [0.2, 0.25) is 17.7 Å². The molecule has 4 N–H and O–H groups in total. The second-order valence-electron chi connectivity index (χ2n) is 13.2. The zero-order valence-corrected chi connectivity index (χ0v) is 30.0. The molecule has 0 radical (unpaired) electrons. The quantitative estimate of drug-likeness (QED) is 0.132. The summed E-state index contributed by atoms with van der Waals surface area (Å²) in [6.45, 7) is 2.30. The summed E-state index contributed by atoms with van der Waals surface area (Å²) in [7, 11) is 1.55. The summed E-state index contributed by atoms with van der Waals surface area (Å²) in [6.07, 6.45) is 4.73. The number of ether oxygens (including phenoxy) is 2. The lowest BCUT2D eigenvalue weighted by molar-refractivity contribution is -0.148. The Kier molecular flexibility index (Phi) is 10.6. The SMILES string of the molecule is COc1nc(O[C@H]2CCc3c(-c4cccc(C(=O)Nc5ccc(CN6CC[C@@H]6C(=O)O)cn5)c4Cl)cccc32)c(Cl)cc1CNC[C@@H]1CCC(=O)N1. The molecule has 14 heteroatoms. The van der Waals surface area contributed by atoms with E-state index in [1.165, 1.54) is 0 Å². The van der Waals surface area contributed by atoms with Crippen LogP contribution in [0.1, 0.15) is 64.4 Å². The van der Waals surface area contributed by atoms with Crippen LogP contribution in [-0.2, 0) is 29.1 Å². The third kappa shape index (κ3) is 7.56. The zero-order valence-electron chi connectivity index (χ0n) is 28.5. The van der Waals surface area contributed by atoms with E-state index in [0.29, 0.717) is 66.2 Å². The summed E-state index contributed by atoms with van der Waals surface area (Å²) in [6, 6.07) is 16.3. The summed E-state index contributed by atoms with van der Waals surface area (Å²) in [5, 5.41) is 19.1. The molecule has 52 heavy (non-hydrogen) atoms. The van der Waals surface area contributed by atoms with Crippen LogP contribution >= 0.6 is 23.2 Å². The third-order valence-corrected chi connectivity index (χ3v) is 10.5.